The van der Waals surface area contributed by atoms with E-state index in [4.69, 9.17) is 14.5 Å². The summed E-state index contributed by atoms with van der Waals surface area (Å²) in [4.78, 5) is 11.8. The second-order valence-electron chi connectivity index (χ2n) is 7.96. The summed E-state index contributed by atoms with van der Waals surface area (Å²) in [5.41, 5.74) is 4.64. The fourth-order valence-electron chi connectivity index (χ4n) is 3.47. The molecule has 0 unspecified atom stereocenters. The van der Waals surface area contributed by atoms with Crippen molar-refractivity contribution in [3.8, 4) is 11.5 Å². The van der Waals surface area contributed by atoms with Gasteiger partial charge in [-0.3, -0.25) is 4.90 Å². The molecule has 5 nitrogen and oxygen atoms in total. The summed E-state index contributed by atoms with van der Waals surface area (Å²) in [6, 6.07) is 4.11. The predicted octanol–water partition coefficient (Wildman–Crippen LogP) is 3.66. The van der Waals surface area contributed by atoms with Gasteiger partial charge in [-0.05, 0) is 13.0 Å². The van der Waals surface area contributed by atoms with Crippen molar-refractivity contribution in [2.75, 3.05) is 20.8 Å². The molecule has 0 saturated heterocycles. The SMILES string of the molecule is COc1ccc(CN2CCc3nc(C(C)(C)C)ncc3C2)c(OC)c1C. The van der Waals surface area contributed by atoms with Gasteiger partial charge in [0.25, 0.3) is 0 Å². The highest BCUT2D eigenvalue weighted by atomic mass is 16.5. The average Bonchev–Trinajstić information content (AvgIpc) is 2.61. The number of methoxy groups -OCH3 is 2. The van der Waals surface area contributed by atoms with Crippen LogP contribution in [0.4, 0.5) is 0 Å². The minimum Gasteiger partial charge on any atom is -0.496 e. The first-order valence-corrected chi connectivity index (χ1v) is 9.11. The van der Waals surface area contributed by atoms with Crippen molar-refractivity contribution in [1.29, 1.82) is 0 Å². The van der Waals surface area contributed by atoms with Crippen molar-refractivity contribution in [2.45, 2.75) is 52.6 Å². The Kier molecular flexibility index (Phi) is 5.19. The third kappa shape index (κ3) is 3.68. The maximum atomic E-state index is 5.65. The summed E-state index contributed by atoms with van der Waals surface area (Å²) in [6.07, 6.45) is 2.96. The molecule has 0 saturated carbocycles. The average molecular weight is 355 g/mol. The van der Waals surface area contributed by atoms with Gasteiger partial charge in [0.05, 0.1) is 14.2 Å². The molecular weight excluding hydrogens is 326 g/mol. The fraction of sp³-hybridized carbons (Fsp3) is 0.524. The van der Waals surface area contributed by atoms with Crippen LogP contribution in [0.5, 0.6) is 11.5 Å². The summed E-state index contributed by atoms with van der Waals surface area (Å²) in [7, 11) is 3.41. The molecule has 1 aromatic heterocycles. The highest BCUT2D eigenvalue weighted by Gasteiger charge is 2.23. The van der Waals surface area contributed by atoms with E-state index in [0.29, 0.717) is 0 Å². The summed E-state index contributed by atoms with van der Waals surface area (Å²) in [5, 5.41) is 0. The van der Waals surface area contributed by atoms with E-state index in [1.54, 1.807) is 14.2 Å². The maximum Gasteiger partial charge on any atom is 0.133 e. The minimum absolute atomic E-state index is 0.0137. The molecule has 0 N–H and O–H groups in total. The fourth-order valence-corrected chi connectivity index (χ4v) is 3.47. The molecule has 1 aliphatic heterocycles. The van der Waals surface area contributed by atoms with Crippen LogP contribution in [0, 0.1) is 6.92 Å². The van der Waals surface area contributed by atoms with E-state index < -0.39 is 0 Å². The topological polar surface area (TPSA) is 47.5 Å². The summed E-state index contributed by atoms with van der Waals surface area (Å²) in [5.74, 6) is 2.70. The molecule has 5 heteroatoms. The number of fused-ring (bicyclic) bond motifs is 1. The van der Waals surface area contributed by atoms with Crippen LogP contribution in [0.1, 0.15) is 49.0 Å². The van der Waals surface area contributed by atoms with Gasteiger partial charge in [-0.25, -0.2) is 9.97 Å². The van der Waals surface area contributed by atoms with Crippen LogP contribution in [0.3, 0.4) is 0 Å². The third-order valence-electron chi connectivity index (χ3n) is 4.94. The van der Waals surface area contributed by atoms with Crippen molar-refractivity contribution >= 4 is 0 Å². The number of rotatable bonds is 4. The zero-order valence-corrected chi connectivity index (χ0v) is 16.7. The number of nitrogens with zero attached hydrogens (tertiary/aromatic N) is 3. The van der Waals surface area contributed by atoms with E-state index in [1.807, 2.05) is 19.2 Å². The van der Waals surface area contributed by atoms with Gasteiger partial charge >= 0.3 is 0 Å². The lowest BCUT2D eigenvalue weighted by molar-refractivity contribution is 0.238. The normalized spacial score (nSPS) is 14.8. The Morgan fingerprint density at radius 2 is 1.92 bits per heavy atom. The lowest BCUT2D eigenvalue weighted by atomic mass is 9.95. The number of ether oxygens (including phenoxy) is 2. The smallest absolute Gasteiger partial charge is 0.133 e. The van der Waals surface area contributed by atoms with Crippen molar-refractivity contribution in [3.05, 3.63) is 46.5 Å². The number of hydrogen-bond donors (Lipinski definition) is 0. The third-order valence-corrected chi connectivity index (χ3v) is 4.94. The van der Waals surface area contributed by atoms with Crippen molar-refractivity contribution < 1.29 is 9.47 Å². The van der Waals surface area contributed by atoms with Gasteiger partial charge in [-0.1, -0.05) is 26.8 Å². The zero-order valence-electron chi connectivity index (χ0n) is 16.7. The van der Waals surface area contributed by atoms with E-state index in [-0.39, 0.29) is 5.41 Å². The maximum absolute atomic E-state index is 5.65. The van der Waals surface area contributed by atoms with Gasteiger partial charge in [0.15, 0.2) is 0 Å². The monoisotopic (exact) mass is 355 g/mol. The van der Waals surface area contributed by atoms with Crippen LogP contribution in [-0.2, 0) is 24.9 Å². The molecule has 0 bridgehead atoms. The standard InChI is InChI=1S/C21H29N3O2/c1-14-18(25-5)8-7-15(19(14)26-6)12-24-10-9-17-16(13-24)11-22-20(23-17)21(2,3)4/h7-8,11H,9-10,12-13H2,1-6H3. The van der Waals surface area contributed by atoms with Crippen LogP contribution >= 0.6 is 0 Å². The molecule has 2 heterocycles. The molecule has 1 aliphatic rings. The van der Waals surface area contributed by atoms with Crippen molar-refractivity contribution in [2.24, 2.45) is 0 Å². The molecule has 0 radical (unpaired) electrons. The van der Waals surface area contributed by atoms with E-state index >= 15 is 0 Å². The number of benzene rings is 1. The Morgan fingerprint density at radius 1 is 1.15 bits per heavy atom. The van der Waals surface area contributed by atoms with E-state index in [0.717, 1.165) is 48.9 Å². The molecule has 3 rings (SSSR count). The van der Waals surface area contributed by atoms with Crippen LogP contribution in [0.25, 0.3) is 0 Å². The first kappa shape index (κ1) is 18.6. The van der Waals surface area contributed by atoms with Gasteiger partial charge in [0, 0.05) is 60.1 Å². The van der Waals surface area contributed by atoms with Gasteiger partial charge in [-0.2, -0.15) is 0 Å². The molecule has 1 aromatic carbocycles. The Morgan fingerprint density at radius 3 is 2.58 bits per heavy atom. The molecule has 0 fully saturated rings. The van der Waals surface area contributed by atoms with Gasteiger partial charge in [0.2, 0.25) is 0 Å². The van der Waals surface area contributed by atoms with Gasteiger partial charge < -0.3 is 9.47 Å². The lowest BCUT2D eigenvalue weighted by Gasteiger charge is -2.29. The highest BCUT2D eigenvalue weighted by molar-refractivity contribution is 5.49. The Labute approximate surface area is 156 Å². The summed E-state index contributed by atoms with van der Waals surface area (Å²) >= 11 is 0. The Hall–Kier alpha value is -2.14. The quantitative estimate of drug-likeness (QED) is 0.838. The lowest BCUT2D eigenvalue weighted by Crippen LogP contribution is -2.32. The molecule has 0 aliphatic carbocycles. The second kappa shape index (κ2) is 7.23. The Balaban J connectivity index is 1.79. The van der Waals surface area contributed by atoms with Crippen LogP contribution in [0.15, 0.2) is 18.3 Å². The van der Waals surface area contributed by atoms with Crippen molar-refractivity contribution in [3.63, 3.8) is 0 Å². The number of hydrogen-bond acceptors (Lipinski definition) is 5. The van der Waals surface area contributed by atoms with E-state index in [2.05, 4.69) is 36.7 Å². The van der Waals surface area contributed by atoms with Gasteiger partial charge in [0.1, 0.15) is 17.3 Å². The molecule has 26 heavy (non-hydrogen) atoms. The first-order valence-electron chi connectivity index (χ1n) is 9.11. The summed E-state index contributed by atoms with van der Waals surface area (Å²) < 4.78 is 11.1. The largest absolute Gasteiger partial charge is 0.496 e. The molecule has 140 valence electrons. The predicted molar refractivity (Wildman–Crippen MR) is 103 cm³/mol. The van der Waals surface area contributed by atoms with Crippen LogP contribution < -0.4 is 9.47 Å². The highest BCUT2D eigenvalue weighted by Crippen LogP contribution is 2.33. The van der Waals surface area contributed by atoms with E-state index in [1.165, 1.54) is 16.8 Å². The van der Waals surface area contributed by atoms with Crippen molar-refractivity contribution in [1.82, 2.24) is 14.9 Å². The van der Waals surface area contributed by atoms with Gasteiger partial charge in [-0.15, -0.1) is 0 Å². The van der Waals surface area contributed by atoms with Crippen LogP contribution in [-0.4, -0.2) is 35.6 Å². The zero-order chi connectivity index (χ0) is 18.9. The molecule has 0 atom stereocenters. The Bertz CT molecular complexity index is 797. The minimum atomic E-state index is -0.0137. The summed E-state index contributed by atoms with van der Waals surface area (Å²) in [6.45, 7) is 11.2. The second-order valence-corrected chi connectivity index (χ2v) is 7.96. The molecule has 0 amide bonds. The molecular formula is C21H29N3O2. The van der Waals surface area contributed by atoms with Crippen LogP contribution in [0.2, 0.25) is 0 Å². The molecule has 0 spiro atoms. The molecule has 2 aromatic rings. The number of aromatic nitrogens is 2. The first-order chi connectivity index (χ1) is 12.3. The van der Waals surface area contributed by atoms with E-state index in [9.17, 15) is 0 Å².